The van der Waals surface area contributed by atoms with Gasteiger partial charge in [-0.1, -0.05) is 11.6 Å². The highest BCUT2D eigenvalue weighted by Gasteiger charge is 2.13. The molecule has 1 amide bonds. The fourth-order valence-electron chi connectivity index (χ4n) is 1.55. The van der Waals surface area contributed by atoms with E-state index in [1.807, 2.05) is 13.0 Å². The van der Waals surface area contributed by atoms with Gasteiger partial charge in [0.1, 0.15) is 6.26 Å². The first-order chi connectivity index (χ1) is 8.60. The van der Waals surface area contributed by atoms with Crippen molar-refractivity contribution in [1.82, 2.24) is 4.98 Å². The van der Waals surface area contributed by atoms with Crippen LogP contribution in [0.5, 0.6) is 0 Å². The van der Waals surface area contributed by atoms with Gasteiger partial charge < -0.3 is 9.84 Å². The van der Waals surface area contributed by atoms with Gasteiger partial charge in [-0.25, -0.2) is 0 Å². The molecule has 0 saturated carbocycles. The number of nitrogen functional groups attached to an aromatic ring is 1. The minimum atomic E-state index is -0.325. The second-order valence-corrected chi connectivity index (χ2v) is 3.94. The molecule has 6 heteroatoms. The summed E-state index contributed by atoms with van der Waals surface area (Å²) in [5.41, 5.74) is 5.13. The van der Waals surface area contributed by atoms with Crippen LogP contribution in [-0.2, 0) is 0 Å². The molecule has 0 aliphatic rings. The third-order valence-electron chi connectivity index (χ3n) is 2.41. The molecule has 0 bridgehead atoms. The number of hydrogen-bond acceptors (Lipinski definition) is 5. The van der Waals surface area contributed by atoms with E-state index in [4.69, 9.17) is 10.3 Å². The smallest absolute Gasteiger partial charge is 0.301 e. The highest BCUT2D eigenvalue weighted by Crippen LogP contribution is 2.18. The lowest BCUT2D eigenvalue weighted by Gasteiger charge is -2.08. The molecule has 1 aromatic carbocycles. The molecule has 6 nitrogen and oxygen atoms in total. The van der Waals surface area contributed by atoms with Crippen molar-refractivity contribution in [3.8, 4) is 0 Å². The molecule has 0 aliphatic heterocycles. The number of hydrazine groups is 1. The number of aromatic nitrogens is 1. The van der Waals surface area contributed by atoms with Crippen molar-refractivity contribution in [1.29, 1.82) is 0 Å². The number of aryl methyl sites for hydroxylation is 2. The van der Waals surface area contributed by atoms with Gasteiger partial charge >= 0.3 is 6.01 Å². The zero-order chi connectivity index (χ0) is 13.1. The third kappa shape index (κ3) is 2.49. The number of hydrogen-bond donors (Lipinski definition) is 3. The third-order valence-corrected chi connectivity index (χ3v) is 2.41. The molecule has 0 atom stereocenters. The number of benzene rings is 1. The summed E-state index contributed by atoms with van der Waals surface area (Å²) in [7, 11) is 0. The van der Waals surface area contributed by atoms with Crippen LogP contribution in [-0.4, -0.2) is 10.9 Å². The van der Waals surface area contributed by atoms with Gasteiger partial charge in [-0.05, 0) is 26.0 Å². The van der Waals surface area contributed by atoms with Crippen molar-refractivity contribution >= 4 is 17.6 Å². The first-order valence-electron chi connectivity index (χ1n) is 5.41. The van der Waals surface area contributed by atoms with E-state index in [0.717, 1.165) is 5.56 Å². The van der Waals surface area contributed by atoms with Gasteiger partial charge in [-0.15, -0.1) is 0 Å². The summed E-state index contributed by atoms with van der Waals surface area (Å²) in [6.45, 7) is 3.67. The lowest BCUT2D eigenvalue weighted by Crippen LogP contribution is -2.17. The molecule has 0 saturated heterocycles. The average Bonchev–Trinajstić information content (AvgIpc) is 2.74. The highest BCUT2D eigenvalue weighted by atomic mass is 16.4. The zero-order valence-electron chi connectivity index (χ0n) is 10.2. The van der Waals surface area contributed by atoms with Gasteiger partial charge in [-0.3, -0.25) is 16.0 Å². The molecule has 0 fully saturated rings. The summed E-state index contributed by atoms with van der Waals surface area (Å²) < 4.78 is 5.07. The van der Waals surface area contributed by atoms with Crippen LogP contribution in [0.25, 0.3) is 0 Å². The number of nitrogens with one attached hydrogen (secondary N) is 2. The average molecular weight is 246 g/mol. The Morgan fingerprint density at radius 3 is 2.78 bits per heavy atom. The topological polar surface area (TPSA) is 93.2 Å². The van der Waals surface area contributed by atoms with E-state index in [1.54, 1.807) is 19.1 Å². The largest absolute Gasteiger partial charge is 0.432 e. The fourth-order valence-corrected chi connectivity index (χ4v) is 1.55. The summed E-state index contributed by atoms with van der Waals surface area (Å²) in [5.74, 6) is 5.04. The Labute approximate surface area is 104 Å². The van der Waals surface area contributed by atoms with Crippen LogP contribution >= 0.6 is 0 Å². The second-order valence-electron chi connectivity index (χ2n) is 3.94. The Morgan fingerprint density at radius 2 is 2.17 bits per heavy atom. The van der Waals surface area contributed by atoms with Gasteiger partial charge in [0.15, 0.2) is 0 Å². The first-order valence-corrected chi connectivity index (χ1v) is 5.41. The summed E-state index contributed by atoms with van der Waals surface area (Å²) in [4.78, 5) is 16.1. The van der Waals surface area contributed by atoms with Crippen molar-refractivity contribution in [2.24, 2.45) is 5.84 Å². The Kier molecular flexibility index (Phi) is 3.29. The molecule has 1 aromatic heterocycles. The van der Waals surface area contributed by atoms with Crippen LogP contribution in [0.15, 0.2) is 28.9 Å². The van der Waals surface area contributed by atoms with E-state index in [-0.39, 0.29) is 11.9 Å². The highest BCUT2D eigenvalue weighted by molar-refractivity contribution is 6.07. The lowest BCUT2D eigenvalue weighted by molar-refractivity contribution is 0.102. The summed E-state index contributed by atoms with van der Waals surface area (Å²) in [6, 6.07) is 5.51. The molecule has 2 aromatic rings. The normalized spacial score (nSPS) is 10.2. The number of carbonyl (C=O) groups excluding carboxylic acids is 1. The van der Waals surface area contributed by atoms with Gasteiger partial charge in [0, 0.05) is 0 Å². The van der Waals surface area contributed by atoms with Crippen molar-refractivity contribution in [2.75, 3.05) is 10.7 Å². The summed E-state index contributed by atoms with van der Waals surface area (Å²) in [5, 5.41) is 2.57. The van der Waals surface area contributed by atoms with Crippen LogP contribution in [0.3, 0.4) is 0 Å². The van der Waals surface area contributed by atoms with Crippen molar-refractivity contribution in [3.63, 3.8) is 0 Å². The predicted molar refractivity (Wildman–Crippen MR) is 68.2 cm³/mol. The van der Waals surface area contributed by atoms with E-state index in [9.17, 15) is 4.79 Å². The quantitative estimate of drug-likeness (QED) is 0.567. The van der Waals surface area contributed by atoms with E-state index >= 15 is 0 Å². The number of nitrogens with two attached hydrogens (primary N) is 1. The van der Waals surface area contributed by atoms with Crippen LogP contribution in [0.2, 0.25) is 0 Å². The van der Waals surface area contributed by atoms with Crippen molar-refractivity contribution in [3.05, 3.63) is 41.3 Å². The number of nitrogens with zero attached hydrogens (tertiary/aromatic N) is 1. The van der Waals surface area contributed by atoms with E-state index in [2.05, 4.69) is 15.7 Å². The molecular formula is C12H14N4O2. The molecule has 0 radical (unpaired) electrons. The summed E-state index contributed by atoms with van der Waals surface area (Å²) >= 11 is 0. The second kappa shape index (κ2) is 4.89. The van der Waals surface area contributed by atoms with E-state index in [1.165, 1.54) is 6.26 Å². The minimum absolute atomic E-state index is 0.168. The standard InChI is InChI=1S/C12H14N4O2/c1-7-3-4-10(16-13)9(5-7)11(17)15-12-14-8(2)6-18-12/h3-6,16H,13H2,1-2H3,(H,14,15,17). The van der Waals surface area contributed by atoms with E-state index < -0.39 is 0 Å². The maximum atomic E-state index is 12.0. The molecule has 4 N–H and O–H groups in total. The maximum Gasteiger partial charge on any atom is 0.301 e. The predicted octanol–water partition coefficient (Wildman–Crippen LogP) is 1.83. The minimum Gasteiger partial charge on any atom is -0.432 e. The van der Waals surface area contributed by atoms with Crippen molar-refractivity contribution < 1.29 is 9.21 Å². The molecule has 1 heterocycles. The molecule has 18 heavy (non-hydrogen) atoms. The fraction of sp³-hybridized carbons (Fsp3) is 0.167. The Balaban J connectivity index is 2.25. The number of anilines is 2. The van der Waals surface area contributed by atoms with E-state index in [0.29, 0.717) is 16.9 Å². The van der Waals surface area contributed by atoms with Gasteiger partial charge in [-0.2, -0.15) is 4.98 Å². The zero-order valence-corrected chi connectivity index (χ0v) is 10.2. The monoisotopic (exact) mass is 246 g/mol. The van der Waals surface area contributed by atoms with Crippen LogP contribution in [0.1, 0.15) is 21.6 Å². The van der Waals surface area contributed by atoms with Crippen molar-refractivity contribution in [2.45, 2.75) is 13.8 Å². The maximum absolute atomic E-state index is 12.0. The molecule has 94 valence electrons. The van der Waals surface area contributed by atoms with Gasteiger partial charge in [0.05, 0.1) is 16.9 Å². The molecule has 0 aliphatic carbocycles. The first kappa shape index (κ1) is 12.1. The Hall–Kier alpha value is -2.34. The molecule has 0 spiro atoms. The number of rotatable bonds is 3. The number of oxazole rings is 1. The summed E-state index contributed by atoms with van der Waals surface area (Å²) in [6.07, 6.45) is 1.47. The Bertz CT molecular complexity index is 577. The lowest BCUT2D eigenvalue weighted by atomic mass is 10.1. The van der Waals surface area contributed by atoms with Gasteiger partial charge in [0.2, 0.25) is 0 Å². The molecule has 0 unspecified atom stereocenters. The number of carbonyl (C=O) groups is 1. The molecular weight excluding hydrogens is 232 g/mol. The van der Waals surface area contributed by atoms with Crippen LogP contribution in [0.4, 0.5) is 11.7 Å². The van der Waals surface area contributed by atoms with Crippen LogP contribution < -0.4 is 16.6 Å². The number of amides is 1. The molecule has 2 rings (SSSR count). The van der Waals surface area contributed by atoms with Gasteiger partial charge in [0.25, 0.3) is 5.91 Å². The SMILES string of the molecule is Cc1ccc(NN)c(C(=O)Nc2nc(C)co2)c1. The Morgan fingerprint density at radius 1 is 1.39 bits per heavy atom. The van der Waals surface area contributed by atoms with Crippen LogP contribution in [0, 0.1) is 13.8 Å².